The maximum Gasteiger partial charge on any atom is 0.305 e. The van der Waals surface area contributed by atoms with Gasteiger partial charge in [0.05, 0.1) is 7.11 Å². The Labute approximate surface area is 157 Å². The Bertz CT molecular complexity index is 567. The lowest BCUT2D eigenvalue weighted by atomic mass is 10.1. The predicted octanol–water partition coefficient (Wildman–Crippen LogP) is 3.42. The summed E-state index contributed by atoms with van der Waals surface area (Å²) in [7, 11) is 1.40. The number of halogens is 2. The summed E-state index contributed by atoms with van der Waals surface area (Å²) in [5, 5.41) is 6.41. The number of carbonyl (C=O) groups excluding carboxylic acids is 1. The minimum Gasteiger partial charge on any atom is -0.469 e. The Hall–Kier alpha value is -1.63. The number of unbranched alkanes of at least 4 members (excludes halogenated alkanes) is 1. The smallest absolute Gasteiger partial charge is 0.305 e. The topological polar surface area (TPSA) is 62.7 Å². The van der Waals surface area contributed by atoms with Crippen molar-refractivity contribution in [2.24, 2.45) is 4.99 Å². The Kier molecular flexibility index (Phi) is 10.9. The summed E-state index contributed by atoms with van der Waals surface area (Å²) >= 11 is 3.26. The molecule has 0 fully saturated rings. The third-order valence-electron chi connectivity index (χ3n) is 3.56. The van der Waals surface area contributed by atoms with Crippen LogP contribution in [0.25, 0.3) is 0 Å². The molecule has 0 bridgehead atoms. The quantitative estimate of drug-likeness (QED) is 0.266. The molecule has 0 saturated carbocycles. The van der Waals surface area contributed by atoms with Crippen molar-refractivity contribution in [3.05, 3.63) is 34.1 Å². The minimum atomic E-state index is -0.186. The second-order valence-electron chi connectivity index (χ2n) is 5.56. The van der Waals surface area contributed by atoms with E-state index in [0.29, 0.717) is 24.9 Å². The average Bonchev–Trinajstić information content (AvgIpc) is 2.59. The summed E-state index contributed by atoms with van der Waals surface area (Å²) in [5.41, 5.74) is 0.708. The molecule has 0 aromatic heterocycles. The molecule has 0 saturated heterocycles. The number of guanidine groups is 1. The minimum absolute atomic E-state index is 0.180. The molecule has 0 spiro atoms. The van der Waals surface area contributed by atoms with E-state index in [1.165, 1.54) is 13.2 Å². The van der Waals surface area contributed by atoms with Gasteiger partial charge < -0.3 is 15.4 Å². The number of methoxy groups -OCH3 is 1. The Morgan fingerprint density at radius 3 is 2.76 bits per heavy atom. The largest absolute Gasteiger partial charge is 0.469 e. The number of rotatable bonds is 10. The predicted molar refractivity (Wildman–Crippen MR) is 102 cm³/mol. The SMILES string of the molecule is CCNC(=NCCCc1ccc(Br)cc1F)NCCCCC(=O)OC. The first kappa shape index (κ1) is 21.4. The van der Waals surface area contributed by atoms with Gasteiger partial charge in [0.15, 0.2) is 5.96 Å². The first-order valence-electron chi connectivity index (χ1n) is 8.59. The van der Waals surface area contributed by atoms with Gasteiger partial charge in [-0.15, -0.1) is 0 Å². The summed E-state index contributed by atoms with van der Waals surface area (Å²) < 4.78 is 19.1. The molecule has 0 amide bonds. The van der Waals surface area contributed by atoms with Crippen LogP contribution in [0, 0.1) is 5.82 Å². The molecule has 0 unspecified atom stereocenters. The van der Waals surface area contributed by atoms with Gasteiger partial charge in [0.1, 0.15) is 5.82 Å². The molecule has 0 radical (unpaired) electrons. The van der Waals surface area contributed by atoms with E-state index in [1.54, 1.807) is 6.07 Å². The van der Waals surface area contributed by atoms with Gasteiger partial charge in [-0.2, -0.15) is 0 Å². The number of hydrogen-bond acceptors (Lipinski definition) is 3. The number of carbonyl (C=O) groups is 1. The summed E-state index contributed by atoms with van der Waals surface area (Å²) in [5.74, 6) is 0.381. The van der Waals surface area contributed by atoms with Gasteiger partial charge in [-0.3, -0.25) is 9.79 Å². The van der Waals surface area contributed by atoms with Crippen molar-refractivity contribution in [3.8, 4) is 0 Å². The van der Waals surface area contributed by atoms with Crippen molar-refractivity contribution in [2.75, 3.05) is 26.7 Å². The van der Waals surface area contributed by atoms with Gasteiger partial charge in [-0.05, 0) is 50.3 Å². The molecule has 0 aliphatic rings. The lowest BCUT2D eigenvalue weighted by Crippen LogP contribution is -2.37. The number of nitrogens with one attached hydrogen (secondary N) is 2. The zero-order valence-corrected chi connectivity index (χ0v) is 16.5. The molecule has 0 heterocycles. The summed E-state index contributed by atoms with van der Waals surface area (Å²) in [6, 6.07) is 5.13. The third-order valence-corrected chi connectivity index (χ3v) is 4.05. The van der Waals surface area contributed by atoms with Crippen molar-refractivity contribution < 1.29 is 13.9 Å². The number of nitrogens with zero attached hydrogens (tertiary/aromatic N) is 1. The average molecular weight is 416 g/mol. The van der Waals surface area contributed by atoms with E-state index in [-0.39, 0.29) is 11.8 Å². The van der Waals surface area contributed by atoms with E-state index in [2.05, 4.69) is 36.3 Å². The van der Waals surface area contributed by atoms with E-state index in [1.807, 2.05) is 13.0 Å². The van der Waals surface area contributed by atoms with Gasteiger partial charge in [0.25, 0.3) is 0 Å². The van der Waals surface area contributed by atoms with Crippen molar-refractivity contribution in [1.82, 2.24) is 10.6 Å². The van der Waals surface area contributed by atoms with Crippen LogP contribution in [0.15, 0.2) is 27.7 Å². The van der Waals surface area contributed by atoms with E-state index < -0.39 is 0 Å². The van der Waals surface area contributed by atoms with Crippen molar-refractivity contribution in [1.29, 1.82) is 0 Å². The van der Waals surface area contributed by atoms with E-state index in [4.69, 9.17) is 0 Å². The highest BCUT2D eigenvalue weighted by Crippen LogP contribution is 2.16. The molecule has 2 N–H and O–H groups in total. The molecular formula is C18H27BrFN3O2. The van der Waals surface area contributed by atoms with Gasteiger partial charge in [-0.25, -0.2) is 4.39 Å². The van der Waals surface area contributed by atoms with Gasteiger partial charge in [0, 0.05) is 30.5 Å². The highest BCUT2D eigenvalue weighted by Gasteiger charge is 2.03. The number of ether oxygens (including phenoxy) is 1. The van der Waals surface area contributed by atoms with Crippen LogP contribution in [0.3, 0.4) is 0 Å². The fraction of sp³-hybridized carbons (Fsp3) is 0.556. The Morgan fingerprint density at radius 1 is 1.28 bits per heavy atom. The lowest BCUT2D eigenvalue weighted by molar-refractivity contribution is -0.140. The Balaban J connectivity index is 2.30. The molecule has 5 nitrogen and oxygen atoms in total. The van der Waals surface area contributed by atoms with Crippen LogP contribution in [0.5, 0.6) is 0 Å². The highest BCUT2D eigenvalue weighted by molar-refractivity contribution is 9.10. The van der Waals surface area contributed by atoms with Gasteiger partial charge in [-0.1, -0.05) is 22.0 Å². The third kappa shape index (κ3) is 9.43. The molecule has 25 heavy (non-hydrogen) atoms. The van der Waals surface area contributed by atoms with Gasteiger partial charge >= 0.3 is 5.97 Å². The maximum atomic E-state index is 13.8. The fourth-order valence-corrected chi connectivity index (χ4v) is 2.56. The highest BCUT2D eigenvalue weighted by atomic mass is 79.9. The second kappa shape index (κ2) is 12.7. The van der Waals surface area contributed by atoms with Crippen LogP contribution in [0.2, 0.25) is 0 Å². The molecular weight excluding hydrogens is 389 g/mol. The zero-order chi connectivity index (χ0) is 18.5. The van der Waals surface area contributed by atoms with Crippen LogP contribution in [0.4, 0.5) is 4.39 Å². The van der Waals surface area contributed by atoms with E-state index >= 15 is 0 Å². The second-order valence-corrected chi connectivity index (χ2v) is 6.48. The molecule has 1 aromatic rings. The maximum absolute atomic E-state index is 13.8. The normalized spacial score (nSPS) is 11.3. The first-order chi connectivity index (χ1) is 12.1. The molecule has 7 heteroatoms. The van der Waals surface area contributed by atoms with Crippen LogP contribution < -0.4 is 10.6 Å². The molecule has 1 rings (SSSR count). The van der Waals surface area contributed by atoms with Gasteiger partial charge in [0.2, 0.25) is 0 Å². The van der Waals surface area contributed by atoms with Crippen LogP contribution >= 0.6 is 15.9 Å². The molecule has 0 aliphatic heterocycles. The summed E-state index contributed by atoms with van der Waals surface area (Å²) in [6.07, 6.45) is 3.51. The Morgan fingerprint density at radius 2 is 2.08 bits per heavy atom. The van der Waals surface area contributed by atoms with Crippen molar-refractivity contribution >= 4 is 27.9 Å². The monoisotopic (exact) mass is 415 g/mol. The summed E-state index contributed by atoms with van der Waals surface area (Å²) in [6.45, 7) is 4.14. The zero-order valence-electron chi connectivity index (χ0n) is 14.9. The molecule has 140 valence electrons. The summed E-state index contributed by atoms with van der Waals surface area (Å²) in [4.78, 5) is 15.5. The lowest BCUT2D eigenvalue weighted by Gasteiger charge is -2.11. The molecule has 1 aromatic carbocycles. The number of hydrogen-bond donors (Lipinski definition) is 2. The molecule has 0 atom stereocenters. The van der Waals surface area contributed by atoms with Crippen LogP contribution in [0.1, 0.15) is 38.2 Å². The number of aryl methyl sites for hydroxylation is 1. The first-order valence-corrected chi connectivity index (χ1v) is 9.39. The van der Waals surface area contributed by atoms with E-state index in [9.17, 15) is 9.18 Å². The number of benzene rings is 1. The molecule has 0 aliphatic carbocycles. The van der Waals surface area contributed by atoms with Crippen LogP contribution in [-0.2, 0) is 16.0 Å². The van der Waals surface area contributed by atoms with Crippen molar-refractivity contribution in [3.63, 3.8) is 0 Å². The number of esters is 1. The fourth-order valence-electron chi connectivity index (χ4n) is 2.23. The van der Waals surface area contributed by atoms with Crippen molar-refractivity contribution in [2.45, 2.75) is 39.0 Å². The van der Waals surface area contributed by atoms with E-state index in [0.717, 1.165) is 42.8 Å². The standard InChI is InChI=1S/C18H27BrFN3O2/c1-3-21-18(22-11-5-4-8-17(24)25-2)23-12-6-7-14-9-10-15(19)13-16(14)20/h9-10,13H,3-8,11-12H2,1-2H3,(H2,21,22,23). The number of aliphatic imine (C=N–C) groups is 1. The van der Waals surface area contributed by atoms with Crippen LogP contribution in [-0.4, -0.2) is 38.7 Å².